The number of methoxy groups -OCH3 is 1. The van der Waals surface area contributed by atoms with E-state index in [1.54, 1.807) is 7.11 Å². The van der Waals surface area contributed by atoms with E-state index in [0.29, 0.717) is 12.6 Å². The molecule has 0 spiro atoms. The van der Waals surface area contributed by atoms with E-state index in [0.717, 1.165) is 13.1 Å². The standard InChI is InChI=1S/C15H24N2O.ClH/c1-16-15-7-4-8-17(11-15)10-13-5-3-6-14(9-13)12-18-2;/h3,5-6,9,15-16H,4,7-8,10-12H2,1-2H3;1H. The van der Waals surface area contributed by atoms with Gasteiger partial charge in [-0.05, 0) is 37.6 Å². The van der Waals surface area contributed by atoms with Crippen LogP contribution >= 0.6 is 12.4 Å². The van der Waals surface area contributed by atoms with Crippen LogP contribution in [0.25, 0.3) is 0 Å². The van der Waals surface area contributed by atoms with Gasteiger partial charge in [-0.1, -0.05) is 24.3 Å². The van der Waals surface area contributed by atoms with Crippen LogP contribution < -0.4 is 5.32 Å². The van der Waals surface area contributed by atoms with Crippen molar-refractivity contribution in [3.8, 4) is 0 Å². The maximum absolute atomic E-state index is 5.18. The third kappa shape index (κ3) is 5.11. The number of benzene rings is 1. The van der Waals surface area contributed by atoms with Gasteiger partial charge in [0.25, 0.3) is 0 Å². The lowest BCUT2D eigenvalue weighted by Gasteiger charge is -2.32. The Balaban J connectivity index is 0.00000180. The van der Waals surface area contributed by atoms with Gasteiger partial charge in [-0.2, -0.15) is 0 Å². The van der Waals surface area contributed by atoms with E-state index in [1.165, 1.54) is 30.5 Å². The third-order valence-corrected chi connectivity index (χ3v) is 3.62. The molecule has 1 unspecified atom stereocenters. The largest absolute Gasteiger partial charge is 0.380 e. The van der Waals surface area contributed by atoms with E-state index in [4.69, 9.17) is 4.74 Å². The summed E-state index contributed by atoms with van der Waals surface area (Å²) in [5.74, 6) is 0. The van der Waals surface area contributed by atoms with E-state index in [-0.39, 0.29) is 12.4 Å². The molecule has 1 aliphatic heterocycles. The van der Waals surface area contributed by atoms with Crippen molar-refractivity contribution in [3.05, 3.63) is 35.4 Å². The first kappa shape index (κ1) is 16.4. The lowest BCUT2D eigenvalue weighted by molar-refractivity contribution is 0.182. The SMILES string of the molecule is CNC1CCCN(Cc2cccc(COC)c2)C1.Cl. The van der Waals surface area contributed by atoms with E-state index < -0.39 is 0 Å². The number of hydrogen-bond acceptors (Lipinski definition) is 3. The molecule has 1 aromatic rings. The lowest BCUT2D eigenvalue weighted by atomic mass is 10.0. The second-order valence-corrected chi connectivity index (χ2v) is 5.12. The summed E-state index contributed by atoms with van der Waals surface area (Å²) >= 11 is 0. The van der Waals surface area contributed by atoms with Gasteiger partial charge in [0.2, 0.25) is 0 Å². The Bertz CT molecular complexity index is 373. The summed E-state index contributed by atoms with van der Waals surface area (Å²) in [5, 5.41) is 3.39. The van der Waals surface area contributed by atoms with Crippen molar-refractivity contribution in [2.75, 3.05) is 27.2 Å². The van der Waals surface area contributed by atoms with Crippen LogP contribution in [0.4, 0.5) is 0 Å². The highest BCUT2D eigenvalue weighted by atomic mass is 35.5. The Hall–Kier alpha value is -0.610. The molecule has 1 atom stereocenters. The summed E-state index contributed by atoms with van der Waals surface area (Å²) in [6, 6.07) is 9.37. The first-order valence-electron chi connectivity index (χ1n) is 6.78. The molecular formula is C15H25ClN2O. The Kier molecular flexibility index (Phi) is 7.39. The molecule has 1 aromatic carbocycles. The van der Waals surface area contributed by atoms with Gasteiger partial charge in [0.15, 0.2) is 0 Å². The quantitative estimate of drug-likeness (QED) is 0.899. The predicted octanol–water partition coefficient (Wildman–Crippen LogP) is 2.44. The molecule has 108 valence electrons. The topological polar surface area (TPSA) is 24.5 Å². The molecule has 1 fully saturated rings. The van der Waals surface area contributed by atoms with Gasteiger partial charge in [-0.25, -0.2) is 0 Å². The second-order valence-electron chi connectivity index (χ2n) is 5.12. The molecule has 19 heavy (non-hydrogen) atoms. The third-order valence-electron chi connectivity index (χ3n) is 3.62. The van der Waals surface area contributed by atoms with Crippen LogP contribution in [0, 0.1) is 0 Å². The normalized spacial score (nSPS) is 20.0. The van der Waals surface area contributed by atoms with Crippen LogP contribution in [0.15, 0.2) is 24.3 Å². The maximum Gasteiger partial charge on any atom is 0.0713 e. The van der Waals surface area contributed by atoms with Crippen molar-refractivity contribution in [2.45, 2.75) is 32.0 Å². The van der Waals surface area contributed by atoms with Crippen LogP contribution in [0.5, 0.6) is 0 Å². The Morgan fingerprint density at radius 2 is 2.16 bits per heavy atom. The number of rotatable bonds is 5. The molecule has 0 radical (unpaired) electrons. The highest BCUT2D eigenvalue weighted by molar-refractivity contribution is 5.85. The second kappa shape index (κ2) is 8.54. The van der Waals surface area contributed by atoms with Crippen molar-refractivity contribution < 1.29 is 4.74 Å². The molecule has 0 aliphatic carbocycles. The Morgan fingerprint density at radius 3 is 2.89 bits per heavy atom. The van der Waals surface area contributed by atoms with Gasteiger partial charge in [0.05, 0.1) is 6.61 Å². The number of hydrogen-bond donors (Lipinski definition) is 1. The molecule has 0 saturated carbocycles. The van der Waals surface area contributed by atoms with Gasteiger partial charge in [-0.15, -0.1) is 12.4 Å². The van der Waals surface area contributed by atoms with Crippen LogP contribution in [0.3, 0.4) is 0 Å². The molecule has 3 nitrogen and oxygen atoms in total. The number of piperidine rings is 1. The van der Waals surface area contributed by atoms with E-state index in [2.05, 4.69) is 41.5 Å². The zero-order valence-electron chi connectivity index (χ0n) is 11.9. The number of likely N-dealkylation sites (N-methyl/N-ethyl adjacent to an activating group) is 1. The van der Waals surface area contributed by atoms with Gasteiger partial charge in [0, 0.05) is 26.2 Å². The highest BCUT2D eigenvalue weighted by Gasteiger charge is 2.18. The zero-order chi connectivity index (χ0) is 12.8. The average Bonchev–Trinajstić information content (AvgIpc) is 2.40. The molecule has 4 heteroatoms. The molecular weight excluding hydrogens is 260 g/mol. The first-order valence-corrected chi connectivity index (χ1v) is 6.78. The van der Waals surface area contributed by atoms with Crippen molar-refractivity contribution >= 4 is 12.4 Å². The minimum Gasteiger partial charge on any atom is -0.380 e. The minimum atomic E-state index is 0. The summed E-state index contributed by atoms with van der Waals surface area (Å²) in [7, 11) is 3.81. The number of ether oxygens (including phenoxy) is 1. The predicted molar refractivity (Wildman–Crippen MR) is 81.8 cm³/mol. The molecule has 1 heterocycles. The van der Waals surface area contributed by atoms with E-state index >= 15 is 0 Å². The summed E-state index contributed by atoms with van der Waals surface area (Å²) in [5.41, 5.74) is 2.65. The maximum atomic E-state index is 5.18. The lowest BCUT2D eigenvalue weighted by Crippen LogP contribution is -2.43. The van der Waals surface area contributed by atoms with Gasteiger partial charge in [-0.3, -0.25) is 4.90 Å². The fourth-order valence-electron chi connectivity index (χ4n) is 2.68. The van der Waals surface area contributed by atoms with E-state index in [1.807, 2.05) is 0 Å². The molecule has 1 aliphatic rings. The Morgan fingerprint density at radius 1 is 1.37 bits per heavy atom. The van der Waals surface area contributed by atoms with Gasteiger partial charge in [0.1, 0.15) is 0 Å². The molecule has 0 amide bonds. The Labute approximate surface area is 122 Å². The van der Waals surface area contributed by atoms with Crippen LogP contribution in [-0.4, -0.2) is 38.2 Å². The van der Waals surface area contributed by atoms with Crippen molar-refractivity contribution in [1.29, 1.82) is 0 Å². The summed E-state index contributed by atoms with van der Waals surface area (Å²) < 4.78 is 5.18. The molecule has 0 bridgehead atoms. The van der Waals surface area contributed by atoms with Gasteiger partial charge < -0.3 is 10.1 Å². The zero-order valence-corrected chi connectivity index (χ0v) is 12.7. The number of halogens is 1. The summed E-state index contributed by atoms with van der Waals surface area (Å²) in [6.45, 7) is 4.13. The molecule has 2 rings (SSSR count). The minimum absolute atomic E-state index is 0. The van der Waals surface area contributed by atoms with E-state index in [9.17, 15) is 0 Å². The number of nitrogens with zero attached hydrogens (tertiary/aromatic N) is 1. The van der Waals surface area contributed by atoms with Crippen LogP contribution in [-0.2, 0) is 17.9 Å². The van der Waals surface area contributed by atoms with Crippen molar-refractivity contribution in [2.24, 2.45) is 0 Å². The molecule has 1 saturated heterocycles. The smallest absolute Gasteiger partial charge is 0.0713 e. The molecule has 1 N–H and O–H groups in total. The number of nitrogens with one attached hydrogen (secondary N) is 1. The number of likely N-dealkylation sites (tertiary alicyclic amines) is 1. The average molecular weight is 285 g/mol. The first-order chi connectivity index (χ1) is 8.81. The fraction of sp³-hybridized carbons (Fsp3) is 0.600. The molecule has 0 aromatic heterocycles. The fourth-order valence-corrected chi connectivity index (χ4v) is 2.68. The monoisotopic (exact) mass is 284 g/mol. The van der Waals surface area contributed by atoms with Crippen LogP contribution in [0.2, 0.25) is 0 Å². The van der Waals surface area contributed by atoms with Gasteiger partial charge >= 0.3 is 0 Å². The summed E-state index contributed by atoms with van der Waals surface area (Å²) in [6.07, 6.45) is 2.60. The van der Waals surface area contributed by atoms with Crippen LogP contribution in [0.1, 0.15) is 24.0 Å². The highest BCUT2D eigenvalue weighted by Crippen LogP contribution is 2.14. The van der Waals surface area contributed by atoms with Crippen molar-refractivity contribution in [3.63, 3.8) is 0 Å². The van der Waals surface area contributed by atoms with Crippen molar-refractivity contribution in [1.82, 2.24) is 10.2 Å². The summed E-state index contributed by atoms with van der Waals surface area (Å²) in [4.78, 5) is 2.54.